The molecule has 0 bridgehead atoms. The number of carboxylic acid groups (broad SMARTS) is 1. The van der Waals surface area contributed by atoms with Gasteiger partial charge in [0.1, 0.15) is 5.54 Å². The number of hydrogen-bond acceptors (Lipinski definition) is 3. The maximum absolute atomic E-state index is 12.0. The lowest BCUT2D eigenvalue weighted by Gasteiger charge is -2.38. The van der Waals surface area contributed by atoms with Crippen molar-refractivity contribution in [2.75, 3.05) is 0 Å². The van der Waals surface area contributed by atoms with E-state index in [9.17, 15) is 14.7 Å². The van der Waals surface area contributed by atoms with E-state index in [4.69, 9.17) is 0 Å². The largest absolute Gasteiger partial charge is 0.480 e. The van der Waals surface area contributed by atoms with Gasteiger partial charge in [0.2, 0.25) is 5.91 Å². The van der Waals surface area contributed by atoms with Gasteiger partial charge in [-0.15, -0.1) is 0 Å². The van der Waals surface area contributed by atoms with Crippen molar-refractivity contribution in [2.45, 2.75) is 37.8 Å². The minimum Gasteiger partial charge on any atom is -0.480 e. The summed E-state index contributed by atoms with van der Waals surface area (Å²) in [6, 6.07) is 7.71. The van der Waals surface area contributed by atoms with Gasteiger partial charge >= 0.3 is 5.97 Å². The zero-order valence-electron chi connectivity index (χ0n) is 11.6. The van der Waals surface area contributed by atoms with Gasteiger partial charge in [-0.3, -0.25) is 4.79 Å². The van der Waals surface area contributed by atoms with Crippen molar-refractivity contribution >= 4 is 22.9 Å². The molecule has 0 saturated heterocycles. The average molecular weight is 287 g/mol. The Kier molecular flexibility index (Phi) is 3.37. The lowest BCUT2D eigenvalue weighted by molar-refractivity contribution is -0.151. The highest BCUT2D eigenvalue weighted by atomic mass is 16.4. The van der Waals surface area contributed by atoms with Gasteiger partial charge < -0.3 is 15.0 Å². The van der Waals surface area contributed by atoms with Crippen LogP contribution in [0.5, 0.6) is 0 Å². The van der Waals surface area contributed by atoms with Crippen molar-refractivity contribution in [1.82, 2.24) is 14.9 Å². The Balaban J connectivity index is 1.62. The third kappa shape index (κ3) is 2.49. The number of aromatic nitrogens is 2. The first-order valence-electron chi connectivity index (χ1n) is 7.05. The van der Waals surface area contributed by atoms with E-state index in [0.717, 1.165) is 17.5 Å². The number of amides is 1. The van der Waals surface area contributed by atoms with E-state index in [2.05, 4.69) is 10.3 Å². The molecular formula is C15H17N3O3. The Labute approximate surface area is 121 Å². The molecule has 0 unspecified atom stereocenters. The number of fused-ring (bicyclic) bond motifs is 1. The molecule has 3 rings (SSSR count). The standard InChI is InChI=1S/C15H17N3O3/c19-13(17-15(14(20)21)7-3-8-15)6-9-18-10-16-11-4-1-2-5-12(11)18/h1-2,4-5,10H,3,6-9H2,(H,17,19)(H,20,21). The summed E-state index contributed by atoms with van der Waals surface area (Å²) in [4.78, 5) is 27.5. The molecule has 2 aromatic rings. The molecule has 1 aliphatic rings. The predicted molar refractivity (Wildman–Crippen MR) is 76.7 cm³/mol. The van der Waals surface area contributed by atoms with Crippen LogP contribution in [0.15, 0.2) is 30.6 Å². The molecular weight excluding hydrogens is 270 g/mol. The minimum atomic E-state index is -1.03. The number of benzene rings is 1. The molecule has 0 spiro atoms. The van der Waals surface area contributed by atoms with Gasteiger partial charge in [-0.2, -0.15) is 0 Å². The number of para-hydroxylation sites is 2. The van der Waals surface area contributed by atoms with Crippen LogP contribution in [0.1, 0.15) is 25.7 Å². The third-order valence-electron chi connectivity index (χ3n) is 4.10. The Bertz CT molecular complexity index is 688. The number of nitrogens with zero attached hydrogens (tertiary/aromatic N) is 2. The van der Waals surface area contributed by atoms with Crippen molar-refractivity contribution in [3.63, 3.8) is 0 Å². The third-order valence-corrected chi connectivity index (χ3v) is 4.10. The molecule has 1 aromatic heterocycles. The van der Waals surface area contributed by atoms with E-state index in [-0.39, 0.29) is 12.3 Å². The van der Waals surface area contributed by atoms with Crippen LogP contribution in [0.3, 0.4) is 0 Å². The van der Waals surface area contributed by atoms with Crippen LogP contribution >= 0.6 is 0 Å². The molecule has 2 N–H and O–H groups in total. The van der Waals surface area contributed by atoms with Gasteiger partial charge in [0.25, 0.3) is 0 Å². The van der Waals surface area contributed by atoms with E-state index in [1.165, 1.54) is 0 Å². The number of rotatable bonds is 5. The fraction of sp³-hybridized carbons (Fsp3) is 0.400. The first-order valence-corrected chi connectivity index (χ1v) is 7.05. The number of aliphatic carboxylic acids is 1. The number of nitrogens with one attached hydrogen (secondary N) is 1. The number of carbonyl (C=O) groups is 2. The number of carbonyl (C=O) groups excluding carboxylic acids is 1. The van der Waals surface area contributed by atoms with Gasteiger partial charge in [0.15, 0.2) is 0 Å². The second-order valence-corrected chi connectivity index (χ2v) is 5.47. The lowest BCUT2D eigenvalue weighted by atomic mass is 9.76. The molecule has 21 heavy (non-hydrogen) atoms. The van der Waals surface area contributed by atoms with Crippen LogP contribution in [0, 0.1) is 0 Å². The van der Waals surface area contributed by atoms with Crippen molar-refractivity contribution in [1.29, 1.82) is 0 Å². The van der Waals surface area contributed by atoms with Crippen LogP contribution in [0.4, 0.5) is 0 Å². The first kappa shape index (κ1) is 13.6. The molecule has 0 atom stereocenters. The highest BCUT2D eigenvalue weighted by Gasteiger charge is 2.45. The molecule has 6 nitrogen and oxygen atoms in total. The molecule has 0 aliphatic heterocycles. The SMILES string of the molecule is O=C(CCn1cnc2ccccc21)NC1(C(=O)O)CCC1. The molecule has 1 aliphatic carbocycles. The molecule has 1 saturated carbocycles. The molecule has 0 radical (unpaired) electrons. The summed E-state index contributed by atoms with van der Waals surface area (Å²) in [5, 5.41) is 11.9. The van der Waals surface area contributed by atoms with Crippen molar-refractivity contribution in [3.8, 4) is 0 Å². The number of imidazole rings is 1. The van der Waals surface area contributed by atoms with Crippen LogP contribution in [0.2, 0.25) is 0 Å². The Morgan fingerprint density at radius 1 is 1.33 bits per heavy atom. The maximum atomic E-state index is 12.0. The van der Waals surface area contributed by atoms with Gasteiger partial charge in [-0.25, -0.2) is 9.78 Å². The smallest absolute Gasteiger partial charge is 0.329 e. The van der Waals surface area contributed by atoms with E-state index in [1.807, 2.05) is 28.8 Å². The predicted octanol–water partition coefficient (Wildman–Crippen LogP) is 1.55. The Hall–Kier alpha value is -2.37. The zero-order valence-corrected chi connectivity index (χ0v) is 11.6. The second kappa shape index (κ2) is 5.20. The van der Waals surface area contributed by atoms with Gasteiger partial charge in [0.05, 0.1) is 17.4 Å². The van der Waals surface area contributed by atoms with E-state index in [0.29, 0.717) is 19.4 Å². The molecule has 6 heteroatoms. The normalized spacial score (nSPS) is 16.4. The fourth-order valence-corrected chi connectivity index (χ4v) is 2.66. The molecule has 1 fully saturated rings. The lowest BCUT2D eigenvalue weighted by Crippen LogP contribution is -2.59. The molecule has 1 aromatic carbocycles. The first-order chi connectivity index (χ1) is 10.1. The Morgan fingerprint density at radius 3 is 2.76 bits per heavy atom. The summed E-state index contributed by atoms with van der Waals surface area (Å²) in [6.45, 7) is 0.488. The van der Waals surface area contributed by atoms with Gasteiger partial charge in [-0.05, 0) is 31.4 Å². The summed E-state index contributed by atoms with van der Waals surface area (Å²) in [5.41, 5.74) is 0.828. The fourth-order valence-electron chi connectivity index (χ4n) is 2.66. The summed E-state index contributed by atoms with van der Waals surface area (Å²) in [6.07, 6.45) is 3.83. The van der Waals surface area contributed by atoms with Crippen molar-refractivity contribution in [3.05, 3.63) is 30.6 Å². The highest BCUT2D eigenvalue weighted by molar-refractivity contribution is 5.87. The average Bonchev–Trinajstić information content (AvgIpc) is 2.83. The molecule has 1 heterocycles. The van der Waals surface area contributed by atoms with Crippen LogP contribution in [-0.4, -0.2) is 32.1 Å². The van der Waals surface area contributed by atoms with E-state index in [1.54, 1.807) is 6.33 Å². The summed E-state index contributed by atoms with van der Waals surface area (Å²) in [5.74, 6) is -1.16. The zero-order chi connectivity index (χ0) is 14.9. The maximum Gasteiger partial charge on any atom is 0.329 e. The summed E-state index contributed by atoms with van der Waals surface area (Å²) in [7, 11) is 0. The number of aryl methyl sites for hydroxylation is 1. The van der Waals surface area contributed by atoms with E-state index >= 15 is 0 Å². The van der Waals surface area contributed by atoms with Crippen LogP contribution in [-0.2, 0) is 16.1 Å². The van der Waals surface area contributed by atoms with Crippen LogP contribution < -0.4 is 5.32 Å². The van der Waals surface area contributed by atoms with E-state index < -0.39 is 11.5 Å². The van der Waals surface area contributed by atoms with Crippen molar-refractivity contribution < 1.29 is 14.7 Å². The highest BCUT2D eigenvalue weighted by Crippen LogP contribution is 2.32. The van der Waals surface area contributed by atoms with Gasteiger partial charge in [-0.1, -0.05) is 12.1 Å². The molecule has 1 amide bonds. The summed E-state index contributed by atoms with van der Waals surface area (Å²) < 4.78 is 1.91. The second-order valence-electron chi connectivity index (χ2n) is 5.47. The monoisotopic (exact) mass is 287 g/mol. The quantitative estimate of drug-likeness (QED) is 0.874. The van der Waals surface area contributed by atoms with Crippen LogP contribution in [0.25, 0.3) is 11.0 Å². The number of carboxylic acids is 1. The molecule has 110 valence electrons. The Morgan fingerprint density at radius 2 is 2.10 bits per heavy atom. The minimum absolute atomic E-state index is 0.227. The summed E-state index contributed by atoms with van der Waals surface area (Å²) >= 11 is 0. The van der Waals surface area contributed by atoms with Crippen molar-refractivity contribution in [2.24, 2.45) is 0 Å². The van der Waals surface area contributed by atoms with Gasteiger partial charge in [0, 0.05) is 13.0 Å². The number of hydrogen-bond donors (Lipinski definition) is 2. The topological polar surface area (TPSA) is 84.2 Å².